The fourth-order valence-electron chi connectivity index (χ4n) is 4.95. The third-order valence-electron chi connectivity index (χ3n) is 7.79. The molecule has 0 saturated heterocycles. The topological polar surface area (TPSA) is 0 Å². The molecule has 0 aromatic heterocycles. The molecule has 5 aromatic carbocycles. The van der Waals surface area contributed by atoms with Crippen molar-refractivity contribution in [2.75, 3.05) is 0 Å². The molecule has 0 aliphatic heterocycles. The van der Waals surface area contributed by atoms with E-state index in [-0.39, 0.29) is 0 Å². The number of hydrogen-bond donors (Lipinski definition) is 0. The Morgan fingerprint density at radius 2 is 0.649 bits per heavy atom. The van der Waals surface area contributed by atoms with Crippen LogP contribution < -0.4 is 21.2 Å². The summed E-state index contributed by atoms with van der Waals surface area (Å²) in [7, 11) is -2.30. The molecule has 5 rings (SSSR count). The van der Waals surface area contributed by atoms with Crippen LogP contribution in [0.15, 0.2) is 152 Å². The molecule has 0 saturated carbocycles. The molecule has 37 heavy (non-hydrogen) atoms. The van der Waals surface area contributed by atoms with Gasteiger partial charge in [0.15, 0.2) is 0 Å². The molecule has 186 valence electrons. The second kappa shape index (κ2) is 12.2. The summed E-state index contributed by atoms with van der Waals surface area (Å²) < 4.78 is 0. The maximum absolute atomic E-state index is 2.30. The summed E-state index contributed by atoms with van der Waals surface area (Å²) in [5, 5.41) is 5.95. The van der Waals surface area contributed by atoms with Crippen molar-refractivity contribution in [3.63, 3.8) is 0 Å². The van der Waals surface area contributed by atoms with Crippen molar-refractivity contribution in [3.8, 4) is 0 Å². The molecule has 0 nitrogen and oxygen atoms in total. The Morgan fingerprint density at radius 1 is 0.405 bits per heavy atom. The van der Waals surface area contributed by atoms with Crippen molar-refractivity contribution in [2.45, 2.75) is 32.8 Å². The van der Waals surface area contributed by atoms with E-state index in [1.165, 1.54) is 26.8 Å². The first-order chi connectivity index (χ1) is 18.0. The summed E-state index contributed by atoms with van der Waals surface area (Å²) in [5.41, 5.74) is 1.43. The molecule has 0 N–H and O–H groups in total. The maximum atomic E-state index is 2.30. The Balaban J connectivity index is 0.000000225. The van der Waals surface area contributed by atoms with E-state index >= 15 is 0 Å². The van der Waals surface area contributed by atoms with Crippen molar-refractivity contribution in [1.29, 1.82) is 0 Å². The molecule has 0 unspecified atom stereocenters. The van der Waals surface area contributed by atoms with Crippen molar-refractivity contribution < 1.29 is 0 Å². The first kappa shape index (κ1) is 26.7. The van der Waals surface area contributed by atoms with E-state index < -0.39 is 7.26 Å². The van der Waals surface area contributed by atoms with Crippen LogP contribution in [0.1, 0.15) is 19.4 Å². The Bertz CT molecular complexity index is 1170. The summed E-state index contributed by atoms with van der Waals surface area (Å²) in [4.78, 5) is 0. The van der Waals surface area contributed by atoms with Gasteiger partial charge in [-0.3, -0.25) is 0 Å². The van der Waals surface area contributed by atoms with Gasteiger partial charge in [0.05, 0.1) is 0 Å². The van der Waals surface area contributed by atoms with E-state index in [0.717, 1.165) is 0 Å². The van der Waals surface area contributed by atoms with Gasteiger partial charge in [0.1, 0.15) is 6.71 Å². The Morgan fingerprint density at radius 3 is 0.892 bits per heavy atom. The molecule has 0 fully saturated rings. The van der Waals surface area contributed by atoms with Crippen molar-refractivity contribution in [2.24, 2.45) is 0 Å². The van der Waals surface area contributed by atoms with Crippen LogP contribution in [0.25, 0.3) is 0 Å². The molecular weight excluding hydrogens is 462 g/mol. The Kier molecular flexibility index (Phi) is 8.80. The molecule has 0 aliphatic rings. The van der Waals surface area contributed by atoms with E-state index in [2.05, 4.69) is 179 Å². The van der Waals surface area contributed by atoms with Crippen molar-refractivity contribution in [1.82, 2.24) is 0 Å². The molecule has 0 atom stereocenters. The van der Waals surface area contributed by atoms with Gasteiger partial charge in [-0.2, -0.15) is 0 Å². The van der Waals surface area contributed by atoms with E-state index in [4.69, 9.17) is 0 Å². The quantitative estimate of drug-likeness (QED) is 0.170. The zero-order chi connectivity index (χ0) is 26.1. The first-order valence-corrected chi connectivity index (χ1v) is 15.2. The zero-order valence-corrected chi connectivity index (χ0v) is 23.5. The summed E-state index contributed by atoms with van der Waals surface area (Å²) in [6, 6.07) is 54.7. The van der Waals surface area contributed by atoms with Crippen LogP contribution in [0.4, 0.5) is 0 Å². The van der Waals surface area contributed by atoms with E-state index in [1.807, 2.05) is 0 Å². The monoisotopic (exact) mass is 500 g/mol. The van der Waals surface area contributed by atoms with Gasteiger partial charge in [-0.1, -0.05) is 57.8 Å². The molecule has 0 bridgehead atoms. The van der Waals surface area contributed by atoms with Gasteiger partial charge in [-0.25, -0.2) is 0 Å². The molecule has 0 aliphatic carbocycles. The molecule has 0 heterocycles. The average molecular weight is 500 g/mol. The average Bonchev–Trinajstić information content (AvgIpc) is 2.97. The van der Waals surface area contributed by atoms with Crippen LogP contribution >= 0.6 is 7.26 Å². The van der Waals surface area contributed by atoms with E-state index in [0.29, 0.717) is 12.0 Å². The van der Waals surface area contributed by atoms with Crippen LogP contribution in [0.2, 0.25) is 13.6 Å². The fraction of sp³-hybridized carbons (Fsp3) is 0.143. The zero-order valence-electron chi connectivity index (χ0n) is 22.5. The van der Waals surface area contributed by atoms with Gasteiger partial charge >= 0.3 is 150 Å². The first-order valence-electron chi connectivity index (χ1n) is 13.2. The normalized spacial score (nSPS) is 11.7. The summed E-state index contributed by atoms with van der Waals surface area (Å²) >= 11 is 0. The van der Waals surface area contributed by atoms with Gasteiger partial charge in [-0.15, -0.1) is 0 Å². The summed E-state index contributed by atoms with van der Waals surface area (Å²) in [5.74, 6) is 0. The second-order valence-corrected chi connectivity index (χ2v) is 14.3. The van der Waals surface area contributed by atoms with Gasteiger partial charge in [-0.05, 0) is 10.9 Å². The molecule has 0 amide bonds. The van der Waals surface area contributed by atoms with Crippen LogP contribution in [-0.4, -0.2) is 6.71 Å². The molecule has 5 aromatic rings. The van der Waals surface area contributed by atoms with Gasteiger partial charge in [0, 0.05) is 0 Å². The van der Waals surface area contributed by atoms with Crippen LogP contribution in [0.3, 0.4) is 0 Å². The van der Waals surface area contributed by atoms with Gasteiger partial charge in [0.25, 0.3) is 0 Å². The Labute approximate surface area is 224 Å². The molecule has 2 heteroatoms. The number of rotatable bonds is 6. The molecule has 0 radical (unpaired) electrons. The third-order valence-corrected chi connectivity index (χ3v) is 12.6. The van der Waals surface area contributed by atoms with Crippen molar-refractivity contribution >= 4 is 35.2 Å². The van der Waals surface area contributed by atoms with E-state index in [9.17, 15) is 0 Å². The summed E-state index contributed by atoms with van der Waals surface area (Å²) in [6.07, 6.45) is 0. The van der Waals surface area contributed by atoms with Crippen LogP contribution in [-0.2, 0) is 5.31 Å². The van der Waals surface area contributed by atoms with Crippen LogP contribution in [0.5, 0.6) is 0 Å². The second-order valence-electron chi connectivity index (χ2n) is 10.5. The van der Waals surface area contributed by atoms with Gasteiger partial charge in [0.2, 0.25) is 0 Å². The SMILES string of the molecule is CB(C)C(C)(C)c1ccccc1.c1ccc([PH](c2ccccc2)(c2ccccc2)c2ccccc2)cc1. The van der Waals surface area contributed by atoms with Gasteiger partial charge < -0.3 is 0 Å². The predicted octanol–water partition coefficient (Wildman–Crippen LogP) is 7.30. The van der Waals surface area contributed by atoms with Crippen molar-refractivity contribution in [3.05, 3.63) is 157 Å². The molecular formula is C35H38BP. The molecule has 0 spiro atoms. The fourth-order valence-corrected chi connectivity index (χ4v) is 9.72. The minimum atomic E-state index is -2.30. The van der Waals surface area contributed by atoms with Crippen LogP contribution in [0, 0.1) is 0 Å². The number of hydrogen-bond acceptors (Lipinski definition) is 0. The third kappa shape index (κ3) is 5.79. The standard InChI is InChI=1S/C24H21P.C11H17B/c1-5-13-21(14-6-1)25(22-15-7-2-8-16-22,23-17-9-3-10-18-23)24-19-11-4-12-20-24;1-11(2,12(3)4)10-8-6-5-7-9-10/h1-20,25H;5-9H,1-4H3. The minimum absolute atomic E-state index is 0.293. The van der Waals surface area contributed by atoms with E-state index in [1.54, 1.807) is 0 Å². The summed E-state index contributed by atoms with van der Waals surface area (Å²) in [6.45, 7) is 9.82. The number of benzene rings is 5. The Hall–Kier alpha value is -3.41. The predicted molar refractivity (Wildman–Crippen MR) is 170 cm³/mol.